The lowest BCUT2D eigenvalue weighted by atomic mass is 9.93. The van der Waals surface area contributed by atoms with Crippen LogP contribution < -0.4 is 0 Å². The van der Waals surface area contributed by atoms with Gasteiger partial charge in [0.2, 0.25) is 0 Å². The molecule has 0 fully saturated rings. The molecular formula is C14H18Cl12Si4. The molecule has 0 unspecified atom stereocenters. The van der Waals surface area contributed by atoms with Crippen molar-refractivity contribution in [3.8, 4) is 0 Å². The molecule has 0 heterocycles. The van der Waals surface area contributed by atoms with Crippen molar-refractivity contribution >= 4 is 157 Å². The van der Waals surface area contributed by atoms with Gasteiger partial charge in [-0.2, -0.15) is 0 Å². The minimum Gasteiger partial charge on any atom is -0.126 e. The zero-order valence-electron chi connectivity index (χ0n) is 15.3. The van der Waals surface area contributed by atoms with E-state index in [1.165, 1.54) is 0 Å². The van der Waals surface area contributed by atoms with Crippen LogP contribution in [0.1, 0.15) is 22.3 Å². The molecule has 0 radical (unpaired) electrons. The summed E-state index contributed by atoms with van der Waals surface area (Å²) in [6, 6.07) is -5.10. The van der Waals surface area contributed by atoms with Crippen LogP contribution in [0.15, 0.2) is 12.1 Å². The average molecular weight is 724 g/mol. The van der Waals surface area contributed by atoms with Crippen molar-refractivity contribution in [1.82, 2.24) is 0 Å². The zero-order valence-corrected chi connectivity index (χ0v) is 28.4. The molecule has 1 rings (SSSR count). The summed E-state index contributed by atoms with van der Waals surface area (Å²) in [5, 5.41) is 0. The lowest BCUT2D eigenvalue weighted by molar-refractivity contribution is 0.964. The molecule has 0 aromatic heterocycles. The number of aryl methyl sites for hydroxylation is 4. The average Bonchev–Trinajstić information content (AvgIpc) is 2.52. The van der Waals surface area contributed by atoms with Crippen LogP contribution in [0.5, 0.6) is 0 Å². The van der Waals surface area contributed by atoms with Gasteiger partial charge in [0.15, 0.2) is 0 Å². The van der Waals surface area contributed by atoms with Crippen LogP contribution in [-0.2, 0) is 25.7 Å². The molecule has 0 N–H and O–H groups in total. The number of halogens is 12. The smallest absolute Gasteiger partial charge is 0.126 e. The second-order valence-electron chi connectivity index (χ2n) is 6.85. The summed E-state index contributed by atoms with van der Waals surface area (Å²) in [5.74, 6) is 0. The maximum atomic E-state index is 6.10. The highest BCUT2D eigenvalue weighted by atomic mass is 35.9. The van der Waals surface area contributed by atoms with Gasteiger partial charge in [0.25, 0.3) is 0 Å². The van der Waals surface area contributed by atoms with Gasteiger partial charge in [-0.15, -0.1) is 133 Å². The van der Waals surface area contributed by atoms with E-state index in [0.717, 1.165) is 22.3 Å². The summed E-state index contributed by atoms with van der Waals surface area (Å²) in [6.07, 6.45) is 2.43. The van der Waals surface area contributed by atoms with Crippen LogP contribution in [0.2, 0.25) is 24.2 Å². The van der Waals surface area contributed by atoms with Crippen LogP contribution >= 0.6 is 133 Å². The summed E-state index contributed by atoms with van der Waals surface area (Å²) in [6.45, 7) is 0. The third-order valence-corrected chi connectivity index (χ3v) is 14.3. The number of hydrogen-bond donors (Lipinski definition) is 0. The molecule has 0 aliphatic rings. The van der Waals surface area contributed by atoms with Crippen molar-refractivity contribution in [1.29, 1.82) is 0 Å². The normalized spacial score (nSPS) is 13.7. The molecule has 0 amide bonds. The van der Waals surface area contributed by atoms with Gasteiger partial charge in [-0.1, -0.05) is 12.1 Å². The molecule has 0 aliphatic heterocycles. The molecule has 1 aromatic rings. The van der Waals surface area contributed by atoms with Gasteiger partial charge in [0.05, 0.1) is 0 Å². The maximum absolute atomic E-state index is 6.10. The van der Waals surface area contributed by atoms with Gasteiger partial charge >= 0.3 is 24.0 Å². The molecule has 16 heteroatoms. The second kappa shape index (κ2) is 13.2. The maximum Gasteiger partial charge on any atom is 0.341 e. The fourth-order valence-electron chi connectivity index (χ4n) is 2.83. The topological polar surface area (TPSA) is 0 Å². The highest BCUT2D eigenvalue weighted by Gasteiger charge is 2.30. The fourth-order valence-corrected chi connectivity index (χ4v) is 8.44. The molecule has 0 saturated carbocycles. The van der Waals surface area contributed by atoms with E-state index in [9.17, 15) is 0 Å². The van der Waals surface area contributed by atoms with Crippen molar-refractivity contribution in [2.24, 2.45) is 0 Å². The Morgan fingerprint density at radius 2 is 0.533 bits per heavy atom. The molecule has 1 aromatic carbocycles. The Morgan fingerprint density at radius 1 is 0.367 bits per heavy atom. The third kappa shape index (κ3) is 15.5. The lowest BCUT2D eigenvalue weighted by Crippen LogP contribution is -2.16. The van der Waals surface area contributed by atoms with Gasteiger partial charge in [0, 0.05) is 0 Å². The molecule has 0 atom stereocenters. The highest BCUT2D eigenvalue weighted by molar-refractivity contribution is 7.66. The van der Waals surface area contributed by atoms with E-state index >= 15 is 0 Å². The van der Waals surface area contributed by atoms with Crippen molar-refractivity contribution in [3.63, 3.8) is 0 Å². The minimum atomic E-state index is -2.80. The Kier molecular flexibility index (Phi) is 13.9. The molecule has 0 bridgehead atoms. The van der Waals surface area contributed by atoms with Gasteiger partial charge < -0.3 is 0 Å². The molecule has 0 saturated heterocycles. The van der Waals surface area contributed by atoms with E-state index in [1.54, 1.807) is 0 Å². The first kappa shape index (κ1) is 31.6. The summed E-state index contributed by atoms with van der Waals surface area (Å²) < 4.78 is 0. The van der Waals surface area contributed by atoms with E-state index in [0.29, 0.717) is 49.9 Å². The molecule has 0 nitrogen and oxygen atoms in total. The molecule has 174 valence electrons. The summed E-state index contributed by atoms with van der Waals surface area (Å²) >= 11 is 73.2. The van der Waals surface area contributed by atoms with Crippen molar-refractivity contribution in [3.05, 3.63) is 34.4 Å². The quantitative estimate of drug-likeness (QED) is 0.149. The summed E-state index contributed by atoms with van der Waals surface area (Å²) in [7, 11) is 0. The lowest BCUT2D eigenvalue weighted by Gasteiger charge is -2.20. The van der Waals surface area contributed by atoms with Crippen LogP contribution in [0.3, 0.4) is 0 Å². The monoisotopic (exact) mass is 718 g/mol. The van der Waals surface area contributed by atoms with Crippen LogP contribution in [0.25, 0.3) is 0 Å². The Hall–Kier alpha value is 3.57. The number of hydrogen-bond acceptors (Lipinski definition) is 0. The van der Waals surface area contributed by atoms with Crippen LogP contribution in [0.4, 0.5) is 0 Å². The van der Waals surface area contributed by atoms with Crippen molar-refractivity contribution in [2.75, 3.05) is 0 Å². The Bertz CT molecular complexity index is 576. The van der Waals surface area contributed by atoms with E-state index in [1.807, 2.05) is 0 Å². The summed E-state index contributed by atoms with van der Waals surface area (Å²) in [4.78, 5) is 0. The number of rotatable bonds is 12. The van der Waals surface area contributed by atoms with Crippen molar-refractivity contribution < 1.29 is 0 Å². The van der Waals surface area contributed by atoms with Gasteiger partial charge in [0.1, 0.15) is 0 Å². The number of benzene rings is 1. The molecule has 30 heavy (non-hydrogen) atoms. The Labute approximate surface area is 238 Å². The molecule has 0 spiro atoms. The molecular weight excluding hydrogens is 706 g/mol. The summed E-state index contributed by atoms with van der Waals surface area (Å²) in [5.41, 5.74) is 4.20. The zero-order chi connectivity index (χ0) is 23.4. The SMILES string of the molecule is Cl[Si](Cl)(Cl)CCc1cc(CC[Si](Cl)(Cl)Cl)c(CC[Si](Cl)(Cl)Cl)cc1CC[Si](Cl)(Cl)Cl. The Morgan fingerprint density at radius 3 is 0.667 bits per heavy atom. The first-order valence-corrected chi connectivity index (χ1v) is 29.7. The first-order valence-electron chi connectivity index (χ1n) is 8.75. The van der Waals surface area contributed by atoms with Crippen molar-refractivity contribution in [2.45, 2.75) is 49.9 Å². The third-order valence-electron chi connectivity index (χ3n) is 4.23. The first-order chi connectivity index (χ1) is 13.3. The standard InChI is InChI=1S/C14H18Cl12Si4/c15-27(16,17)5-1-11-9-13(3-7-29(21,22)23)14(4-8-30(24,25)26)10-12(11)2-6-28(18,19)20/h9-10H,1-8H2. The van der Waals surface area contributed by atoms with E-state index < -0.39 is 24.0 Å². The van der Waals surface area contributed by atoms with Gasteiger partial charge in [-0.05, 0) is 72.1 Å². The predicted molar refractivity (Wildman–Crippen MR) is 154 cm³/mol. The van der Waals surface area contributed by atoms with E-state index in [2.05, 4.69) is 12.1 Å². The van der Waals surface area contributed by atoms with E-state index in [-0.39, 0.29) is 0 Å². The highest BCUT2D eigenvalue weighted by Crippen LogP contribution is 2.35. The largest absolute Gasteiger partial charge is 0.341 e. The molecule has 0 aliphatic carbocycles. The van der Waals surface area contributed by atoms with Crippen LogP contribution in [0, 0.1) is 0 Å². The fraction of sp³-hybridized carbons (Fsp3) is 0.571. The minimum absolute atomic E-state index is 0.481. The van der Waals surface area contributed by atoms with E-state index in [4.69, 9.17) is 133 Å². The second-order valence-corrected chi connectivity index (χ2v) is 44.0. The predicted octanol–water partition coefficient (Wildman–Crippen LogP) is 10.5. The van der Waals surface area contributed by atoms with Crippen LogP contribution in [-0.4, -0.2) is 24.0 Å². The van der Waals surface area contributed by atoms with Gasteiger partial charge in [-0.3, -0.25) is 0 Å². The van der Waals surface area contributed by atoms with Gasteiger partial charge in [-0.25, -0.2) is 0 Å². The Balaban J connectivity index is 3.31.